The van der Waals surface area contributed by atoms with Gasteiger partial charge in [0.1, 0.15) is 0 Å². The van der Waals surface area contributed by atoms with E-state index in [0.29, 0.717) is 5.82 Å². The van der Waals surface area contributed by atoms with Gasteiger partial charge in [0.25, 0.3) is 0 Å². The van der Waals surface area contributed by atoms with Gasteiger partial charge in [-0.05, 0) is 42.5 Å². The molecule has 5 heteroatoms. The van der Waals surface area contributed by atoms with Crippen LogP contribution in [0.1, 0.15) is 30.0 Å². The highest BCUT2D eigenvalue weighted by Crippen LogP contribution is 2.29. The molecular weight excluding hydrogens is 288 g/mol. The van der Waals surface area contributed by atoms with Crippen LogP contribution in [0.25, 0.3) is 0 Å². The lowest BCUT2D eigenvalue weighted by Crippen LogP contribution is -2.35. The van der Waals surface area contributed by atoms with Crippen LogP contribution in [0.4, 0.5) is 16.3 Å². The Bertz CT molecular complexity index is 699. The van der Waals surface area contributed by atoms with Crippen molar-refractivity contribution >= 4 is 17.5 Å². The van der Waals surface area contributed by atoms with Gasteiger partial charge < -0.3 is 10.2 Å². The average molecular weight is 310 g/mol. The zero-order valence-corrected chi connectivity index (χ0v) is 13.5. The molecule has 0 fully saturated rings. The van der Waals surface area contributed by atoms with Gasteiger partial charge in [0.15, 0.2) is 5.82 Å². The molecule has 2 aromatic rings. The van der Waals surface area contributed by atoms with E-state index in [1.165, 1.54) is 11.1 Å². The summed E-state index contributed by atoms with van der Waals surface area (Å²) in [6.07, 6.45) is 4.82. The minimum absolute atomic E-state index is 0.0615. The summed E-state index contributed by atoms with van der Waals surface area (Å²) in [6, 6.07) is 12.0. The van der Waals surface area contributed by atoms with Crippen LogP contribution in [-0.4, -0.2) is 25.1 Å². The Labute approximate surface area is 136 Å². The second-order valence-corrected chi connectivity index (χ2v) is 6.01. The number of amides is 2. The third-order valence-corrected chi connectivity index (χ3v) is 4.17. The van der Waals surface area contributed by atoms with Crippen LogP contribution in [0.3, 0.4) is 0 Å². The molecule has 23 heavy (non-hydrogen) atoms. The Kier molecular flexibility index (Phi) is 4.46. The van der Waals surface area contributed by atoms with E-state index in [1.807, 2.05) is 37.2 Å². The average Bonchev–Trinajstić information content (AvgIpc) is 2.55. The number of urea groups is 1. The van der Waals surface area contributed by atoms with E-state index in [9.17, 15) is 4.79 Å². The maximum atomic E-state index is 12.4. The van der Waals surface area contributed by atoms with Crippen molar-refractivity contribution in [2.24, 2.45) is 0 Å². The first-order valence-electron chi connectivity index (χ1n) is 7.93. The van der Waals surface area contributed by atoms with E-state index in [4.69, 9.17) is 0 Å². The minimum Gasteiger partial charge on any atom is -0.375 e. The standard InChI is InChI=1S/C18H22N4O/c1-22(2)16-11-6-12-19-17(16)21-18(23)20-15-10-5-8-13-7-3-4-9-14(13)15/h3-4,6-7,9,11-12,15H,5,8,10H2,1-2H3,(H2,19,20,21,23)/t15-/m1/s1. The summed E-state index contributed by atoms with van der Waals surface area (Å²) in [7, 11) is 3.86. The van der Waals surface area contributed by atoms with Crippen LogP contribution >= 0.6 is 0 Å². The zero-order valence-electron chi connectivity index (χ0n) is 13.5. The lowest BCUT2D eigenvalue weighted by atomic mass is 9.88. The van der Waals surface area contributed by atoms with Crippen molar-refractivity contribution in [1.29, 1.82) is 0 Å². The molecule has 1 aromatic carbocycles. The third kappa shape index (κ3) is 3.44. The number of fused-ring (bicyclic) bond motifs is 1. The van der Waals surface area contributed by atoms with E-state index >= 15 is 0 Å². The summed E-state index contributed by atoms with van der Waals surface area (Å²) in [6.45, 7) is 0. The molecule has 0 aliphatic heterocycles. The molecule has 1 aromatic heterocycles. The number of rotatable bonds is 3. The smallest absolute Gasteiger partial charge is 0.320 e. The highest BCUT2D eigenvalue weighted by atomic mass is 16.2. The first-order valence-corrected chi connectivity index (χ1v) is 7.93. The molecule has 1 aliphatic carbocycles. The van der Waals surface area contributed by atoms with Crippen molar-refractivity contribution in [2.45, 2.75) is 25.3 Å². The molecule has 120 valence electrons. The molecule has 0 bridgehead atoms. The Morgan fingerprint density at radius 3 is 2.87 bits per heavy atom. The minimum atomic E-state index is -0.214. The number of carbonyl (C=O) groups excluding carboxylic acids is 1. The second-order valence-electron chi connectivity index (χ2n) is 6.01. The molecule has 2 N–H and O–H groups in total. The first kappa shape index (κ1) is 15.3. The summed E-state index contributed by atoms with van der Waals surface area (Å²) in [5.41, 5.74) is 3.44. The molecule has 2 amide bonds. The number of aromatic nitrogens is 1. The van der Waals surface area contributed by atoms with Gasteiger partial charge in [-0.15, -0.1) is 0 Å². The lowest BCUT2D eigenvalue weighted by Gasteiger charge is -2.26. The normalized spacial score (nSPS) is 16.3. The topological polar surface area (TPSA) is 57.3 Å². The maximum absolute atomic E-state index is 12.4. The maximum Gasteiger partial charge on any atom is 0.320 e. The van der Waals surface area contributed by atoms with Crippen molar-refractivity contribution in [2.75, 3.05) is 24.3 Å². The Balaban J connectivity index is 1.72. The predicted molar refractivity (Wildman–Crippen MR) is 92.8 cm³/mol. The van der Waals surface area contributed by atoms with E-state index < -0.39 is 0 Å². The lowest BCUT2D eigenvalue weighted by molar-refractivity contribution is 0.247. The van der Waals surface area contributed by atoms with E-state index in [1.54, 1.807) is 6.20 Å². The van der Waals surface area contributed by atoms with Gasteiger partial charge in [-0.2, -0.15) is 0 Å². The number of aryl methyl sites for hydroxylation is 1. The number of nitrogens with one attached hydrogen (secondary N) is 2. The summed E-state index contributed by atoms with van der Waals surface area (Å²) in [5, 5.41) is 5.95. The van der Waals surface area contributed by atoms with Crippen LogP contribution in [-0.2, 0) is 6.42 Å². The van der Waals surface area contributed by atoms with Crippen LogP contribution in [0.2, 0.25) is 0 Å². The van der Waals surface area contributed by atoms with Crippen molar-refractivity contribution in [3.63, 3.8) is 0 Å². The Hall–Kier alpha value is -2.56. The SMILES string of the molecule is CN(C)c1cccnc1NC(=O)N[C@@H]1CCCc2ccccc21. The quantitative estimate of drug-likeness (QED) is 0.914. The molecule has 0 saturated heterocycles. The fourth-order valence-corrected chi connectivity index (χ4v) is 3.06. The molecule has 0 saturated carbocycles. The molecule has 3 rings (SSSR count). The van der Waals surface area contributed by atoms with Crippen LogP contribution in [0.5, 0.6) is 0 Å². The largest absolute Gasteiger partial charge is 0.375 e. The summed E-state index contributed by atoms with van der Waals surface area (Å²) < 4.78 is 0. The van der Waals surface area contributed by atoms with E-state index in [0.717, 1.165) is 24.9 Å². The monoisotopic (exact) mass is 310 g/mol. The highest BCUT2D eigenvalue weighted by molar-refractivity contribution is 5.91. The molecule has 0 unspecified atom stereocenters. The van der Waals surface area contributed by atoms with Gasteiger partial charge in [0.2, 0.25) is 0 Å². The second kappa shape index (κ2) is 6.69. The van der Waals surface area contributed by atoms with Crippen molar-refractivity contribution in [3.05, 3.63) is 53.7 Å². The van der Waals surface area contributed by atoms with Gasteiger partial charge in [-0.1, -0.05) is 24.3 Å². The molecular formula is C18H22N4O. The fourth-order valence-electron chi connectivity index (χ4n) is 3.06. The van der Waals surface area contributed by atoms with Gasteiger partial charge in [0, 0.05) is 20.3 Å². The van der Waals surface area contributed by atoms with Crippen molar-refractivity contribution < 1.29 is 4.79 Å². The van der Waals surface area contributed by atoms with E-state index in [-0.39, 0.29) is 12.1 Å². The highest BCUT2D eigenvalue weighted by Gasteiger charge is 2.21. The third-order valence-electron chi connectivity index (χ3n) is 4.17. The first-order chi connectivity index (χ1) is 11.1. The number of pyridine rings is 1. The van der Waals surface area contributed by atoms with E-state index in [2.05, 4.69) is 33.8 Å². The van der Waals surface area contributed by atoms with Crippen molar-refractivity contribution in [1.82, 2.24) is 10.3 Å². The molecule has 5 nitrogen and oxygen atoms in total. The summed E-state index contributed by atoms with van der Waals surface area (Å²) >= 11 is 0. The van der Waals surface area contributed by atoms with Gasteiger partial charge in [-0.25, -0.2) is 9.78 Å². The molecule has 1 atom stereocenters. The molecule has 1 aliphatic rings. The molecule has 0 radical (unpaired) electrons. The van der Waals surface area contributed by atoms with Crippen LogP contribution < -0.4 is 15.5 Å². The summed E-state index contributed by atoms with van der Waals surface area (Å²) in [4.78, 5) is 18.6. The van der Waals surface area contributed by atoms with Gasteiger partial charge >= 0.3 is 6.03 Å². The number of anilines is 2. The number of nitrogens with zero attached hydrogens (tertiary/aromatic N) is 2. The predicted octanol–water partition coefficient (Wildman–Crippen LogP) is 3.35. The Morgan fingerprint density at radius 1 is 1.22 bits per heavy atom. The zero-order chi connectivity index (χ0) is 16.2. The van der Waals surface area contributed by atoms with Crippen molar-refractivity contribution in [3.8, 4) is 0 Å². The molecule has 0 spiro atoms. The number of benzene rings is 1. The Morgan fingerprint density at radius 2 is 2.04 bits per heavy atom. The van der Waals surface area contributed by atoms with Gasteiger partial charge in [0.05, 0.1) is 11.7 Å². The number of hydrogen-bond acceptors (Lipinski definition) is 3. The van der Waals surface area contributed by atoms with Crippen LogP contribution in [0, 0.1) is 0 Å². The fraction of sp³-hybridized carbons (Fsp3) is 0.333. The molecule has 1 heterocycles. The number of carbonyl (C=O) groups is 1. The van der Waals surface area contributed by atoms with Crippen LogP contribution in [0.15, 0.2) is 42.6 Å². The van der Waals surface area contributed by atoms with Gasteiger partial charge in [-0.3, -0.25) is 5.32 Å². The summed E-state index contributed by atoms with van der Waals surface area (Å²) in [5.74, 6) is 0.569. The number of hydrogen-bond donors (Lipinski definition) is 2.